The van der Waals surface area contributed by atoms with Crippen LogP contribution in [0.5, 0.6) is 0 Å². The maximum absolute atomic E-state index is 4.50. The van der Waals surface area contributed by atoms with E-state index in [2.05, 4.69) is 39.7 Å². The number of halogens is 1. The number of rotatable bonds is 5. The zero-order valence-corrected chi connectivity index (χ0v) is 12.0. The predicted octanol–water partition coefficient (Wildman–Crippen LogP) is 2.89. The molecule has 0 amide bonds. The van der Waals surface area contributed by atoms with Gasteiger partial charge in [0.05, 0.1) is 0 Å². The zero-order valence-electron chi connectivity index (χ0n) is 10.4. The first-order valence-corrected chi connectivity index (χ1v) is 6.54. The van der Waals surface area contributed by atoms with Crippen molar-refractivity contribution in [3.05, 3.63) is 18.0 Å². The van der Waals surface area contributed by atoms with Crippen LogP contribution in [0.4, 0.5) is 5.95 Å². The minimum atomic E-state index is 0.498. The maximum atomic E-state index is 4.50. The summed E-state index contributed by atoms with van der Waals surface area (Å²) >= 11 is 3.70. The SMILES string of the molecule is CC(C)CC(Br)Cc1ccnc(N(C)C)n1. The minimum absolute atomic E-state index is 0.498. The van der Waals surface area contributed by atoms with Crippen molar-refractivity contribution in [1.82, 2.24) is 9.97 Å². The van der Waals surface area contributed by atoms with Crippen molar-refractivity contribution in [2.24, 2.45) is 5.92 Å². The van der Waals surface area contributed by atoms with Crippen molar-refractivity contribution in [2.45, 2.75) is 31.5 Å². The van der Waals surface area contributed by atoms with Crippen LogP contribution in [0.2, 0.25) is 0 Å². The first-order valence-electron chi connectivity index (χ1n) is 5.62. The molecule has 0 radical (unpaired) electrons. The normalized spacial score (nSPS) is 12.9. The molecule has 90 valence electrons. The van der Waals surface area contributed by atoms with Crippen LogP contribution in [0.25, 0.3) is 0 Å². The van der Waals surface area contributed by atoms with E-state index in [4.69, 9.17) is 0 Å². The van der Waals surface area contributed by atoms with Gasteiger partial charge in [-0.3, -0.25) is 0 Å². The van der Waals surface area contributed by atoms with Gasteiger partial charge < -0.3 is 4.90 Å². The van der Waals surface area contributed by atoms with E-state index in [1.807, 2.05) is 31.3 Å². The van der Waals surface area contributed by atoms with E-state index in [0.717, 1.165) is 18.1 Å². The van der Waals surface area contributed by atoms with E-state index in [0.29, 0.717) is 10.7 Å². The fourth-order valence-electron chi connectivity index (χ4n) is 1.54. The molecule has 1 rings (SSSR count). The summed E-state index contributed by atoms with van der Waals surface area (Å²) < 4.78 is 0. The molecule has 0 spiro atoms. The zero-order chi connectivity index (χ0) is 12.1. The lowest BCUT2D eigenvalue weighted by Gasteiger charge is -2.14. The average molecular weight is 286 g/mol. The lowest BCUT2D eigenvalue weighted by atomic mass is 10.1. The number of anilines is 1. The highest BCUT2D eigenvalue weighted by atomic mass is 79.9. The Labute approximate surface area is 106 Å². The summed E-state index contributed by atoms with van der Waals surface area (Å²) in [5.74, 6) is 1.49. The van der Waals surface area contributed by atoms with Gasteiger partial charge in [-0.1, -0.05) is 29.8 Å². The molecule has 1 aromatic heterocycles. The van der Waals surface area contributed by atoms with Gasteiger partial charge in [-0.05, 0) is 18.4 Å². The summed E-state index contributed by atoms with van der Waals surface area (Å²) in [6, 6.07) is 1.99. The third-order valence-electron chi connectivity index (χ3n) is 2.26. The van der Waals surface area contributed by atoms with Crippen LogP contribution in [-0.4, -0.2) is 28.9 Å². The molecule has 0 aliphatic heterocycles. The second kappa shape index (κ2) is 6.18. The molecule has 0 aromatic carbocycles. The topological polar surface area (TPSA) is 29.0 Å². The third kappa shape index (κ3) is 4.47. The van der Waals surface area contributed by atoms with Gasteiger partial charge in [-0.15, -0.1) is 0 Å². The molecule has 1 unspecified atom stereocenters. The van der Waals surface area contributed by atoms with Crippen molar-refractivity contribution in [3.8, 4) is 0 Å². The first-order chi connectivity index (χ1) is 7.49. The van der Waals surface area contributed by atoms with Gasteiger partial charge >= 0.3 is 0 Å². The maximum Gasteiger partial charge on any atom is 0.224 e. The molecule has 0 saturated heterocycles. The van der Waals surface area contributed by atoms with Gasteiger partial charge in [0.1, 0.15) is 0 Å². The van der Waals surface area contributed by atoms with Crippen LogP contribution >= 0.6 is 15.9 Å². The van der Waals surface area contributed by atoms with E-state index >= 15 is 0 Å². The summed E-state index contributed by atoms with van der Waals surface area (Å²) in [6.45, 7) is 4.47. The van der Waals surface area contributed by atoms with Gasteiger partial charge in [-0.2, -0.15) is 0 Å². The van der Waals surface area contributed by atoms with Gasteiger partial charge in [0.25, 0.3) is 0 Å². The van der Waals surface area contributed by atoms with Crippen molar-refractivity contribution >= 4 is 21.9 Å². The molecule has 0 fully saturated rings. The van der Waals surface area contributed by atoms with Crippen molar-refractivity contribution in [1.29, 1.82) is 0 Å². The summed E-state index contributed by atoms with van der Waals surface area (Å²) in [4.78, 5) is 11.1. The van der Waals surface area contributed by atoms with E-state index in [1.54, 1.807) is 0 Å². The lowest BCUT2D eigenvalue weighted by Crippen LogP contribution is -2.14. The fraction of sp³-hybridized carbons (Fsp3) is 0.667. The molecule has 0 saturated carbocycles. The standard InChI is InChI=1S/C12H20BrN3/c1-9(2)7-10(13)8-11-5-6-14-12(15-11)16(3)4/h5-6,9-10H,7-8H2,1-4H3. The molecule has 3 nitrogen and oxygen atoms in total. The van der Waals surface area contributed by atoms with E-state index in [9.17, 15) is 0 Å². The number of hydrogen-bond donors (Lipinski definition) is 0. The molecule has 1 heterocycles. The van der Waals surface area contributed by atoms with Gasteiger partial charge in [0.15, 0.2) is 0 Å². The molecule has 1 atom stereocenters. The predicted molar refractivity (Wildman–Crippen MR) is 72.2 cm³/mol. The van der Waals surface area contributed by atoms with Crippen LogP contribution in [0, 0.1) is 5.92 Å². The Morgan fingerprint density at radius 3 is 2.62 bits per heavy atom. The van der Waals surface area contributed by atoms with Crippen molar-refractivity contribution in [3.63, 3.8) is 0 Å². The molecular weight excluding hydrogens is 266 g/mol. The third-order valence-corrected chi connectivity index (χ3v) is 2.96. The van der Waals surface area contributed by atoms with Crippen LogP contribution in [0.3, 0.4) is 0 Å². The van der Waals surface area contributed by atoms with E-state index in [-0.39, 0.29) is 0 Å². The Bertz CT molecular complexity index is 326. The number of hydrogen-bond acceptors (Lipinski definition) is 3. The van der Waals surface area contributed by atoms with Gasteiger partial charge in [0.2, 0.25) is 5.95 Å². The van der Waals surface area contributed by atoms with Crippen molar-refractivity contribution < 1.29 is 0 Å². The summed E-state index contributed by atoms with van der Waals surface area (Å²) in [6.07, 6.45) is 3.95. The van der Waals surface area contributed by atoms with Gasteiger partial charge in [0, 0.05) is 37.2 Å². The molecule has 0 aliphatic rings. The quantitative estimate of drug-likeness (QED) is 0.779. The second-order valence-corrected chi connectivity index (χ2v) is 5.97. The largest absolute Gasteiger partial charge is 0.347 e. The smallest absolute Gasteiger partial charge is 0.224 e. The Hall–Kier alpha value is -0.640. The summed E-state index contributed by atoms with van der Waals surface area (Å²) in [7, 11) is 3.91. The highest BCUT2D eigenvalue weighted by Crippen LogP contribution is 2.17. The number of nitrogens with zero attached hydrogens (tertiary/aromatic N) is 3. The lowest BCUT2D eigenvalue weighted by molar-refractivity contribution is 0.568. The fourth-order valence-corrected chi connectivity index (χ4v) is 2.61. The Morgan fingerprint density at radius 1 is 1.38 bits per heavy atom. The number of alkyl halides is 1. The highest BCUT2D eigenvalue weighted by molar-refractivity contribution is 9.09. The van der Waals surface area contributed by atoms with Crippen LogP contribution in [0.15, 0.2) is 12.3 Å². The highest BCUT2D eigenvalue weighted by Gasteiger charge is 2.10. The summed E-state index contributed by atoms with van der Waals surface area (Å²) in [5.41, 5.74) is 1.10. The van der Waals surface area contributed by atoms with Gasteiger partial charge in [-0.25, -0.2) is 9.97 Å². The first kappa shape index (κ1) is 13.4. The Morgan fingerprint density at radius 2 is 2.06 bits per heavy atom. The molecule has 16 heavy (non-hydrogen) atoms. The molecule has 0 N–H and O–H groups in total. The van der Waals surface area contributed by atoms with Crippen molar-refractivity contribution in [2.75, 3.05) is 19.0 Å². The monoisotopic (exact) mass is 285 g/mol. The second-order valence-electron chi connectivity index (χ2n) is 4.67. The molecule has 4 heteroatoms. The Kier molecular flexibility index (Phi) is 5.19. The summed E-state index contributed by atoms with van der Waals surface area (Å²) in [5, 5.41) is 0. The van der Waals surface area contributed by atoms with Crippen LogP contribution in [-0.2, 0) is 6.42 Å². The Balaban J connectivity index is 2.63. The average Bonchev–Trinajstić information content (AvgIpc) is 2.16. The van der Waals surface area contributed by atoms with Crippen LogP contribution < -0.4 is 4.90 Å². The molecule has 1 aromatic rings. The molecule has 0 aliphatic carbocycles. The number of aromatic nitrogens is 2. The van der Waals surface area contributed by atoms with Crippen LogP contribution in [0.1, 0.15) is 26.0 Å². The minimum Gasteiger partial charge on any atom is -0.347 e. The molecular formula is C12H20BrN3. The molecule has 0 bridgehead atoms. The van der Waals surface area contributed by atoms with E-state index in [1.165, 1.54) is 6.42 Å². The van der Waals surface area contributed by atoms with E-state index < -0.39 is 0 Å².